The molecule has 1 aromatic rings. The van der Waals surface area contributed by atoms with Crippen LogP contribution in [0.2, 0.25) is 5.15 Å². The normalized spacial score (nSPS) is 10.2. The molecule has 0 aromatic carbocycles. The third-order valence-corrected chi connectivity index (χ3v) is 1.98. The Labute approximate surface area is 100 Å². The molecule has 0 bridgehead atoms. The fourth-order valence-electron chi connectivity index (χ4n) is 1.13. The summed E-state index contributed by atoms with van der Waals surface area (Å²) in [7, 11) is 0. The first kappa shape index (κ1) is 12.8. The van der Waals surface area contributed by atoms with E-state index >= 15 is 0 Å². The van der Waals surface area contributed by atoms with E-state index in [-0.39, 0.29) is 6.10 Å². The van der Waals surface area contributed by atoms with Crippen molar-refractivity contribution in [2.24, 2.45) is 0 Å². The average Bonchev–Trinajstić information content (AvgIpc) is 2.23. The maximum Gasteiger partial charge on any atom is 0.132 e. The van der Waals surface area contributed by atoms with Crippen LogP contribution in [0.5, 0.6) is 0 Å². The van der Waals surface area contributed by atoms with Crippen LogP contribution in [-0.4, -0.2) is 24.2 Å². The number of anilines is 1. The Balaban J connectivity index is 2.48. The maximum absolute atomic E-state index is 8.74. The molecule has 0 aliphatic rings. The summed E-state index contributed by atoms with van der Waals surface area (Å²) in [5.74, 6) is 0.594. The number of aromatic nitrogens is 1. The molecule has 0 spiro atoms. The van der Waals surface area contributed by atoms with Gasteiger partial charge >= 0.3 is 0 Å². The number of nitrogens with zero attached hydrogens (tertiary/aromatic N) is 2. The van der Waals surface area contributed by atoms with Crippen LogP contribution >= 0.6 is 11.6 Å². The molecule has 4 nitrogen and oxygen atoms in total. The van der Waals surface area contributed by atoms with Crippen molar-refractivity contribution in [1.29, 1.82) is 5.26 Å². The molecule has 0 aliphatic heterocycles. The van der Waals surface area contributed by atoms with Crippen molar-refractivity contribution in [3.05, 3.63) is 22.8 Å². The second-order valence-electron chi connectivity index (χ2n) is 3.52. The Kier molecular flexibility index (Phi) is 5.03. The molecule has 0 unspecified atom stereocenters. The van der Waals surface area contributed by atoms with Gasteiger partial charge in [0.2, 0.25) is 0 Å². The van der Waals surface area contributed by atoms with E-state index in [0.717, 1.165) is 0 Å². The minimum absolute atomic E-state index is 0.212. The first-order valence-corrected chi connectivity index (χ1v) is 5.43. The van der Waals surface area contributed by atoms with Crippen molar-refractivity contribution in [3.8, 4) is 6.07 Å². The van der Waals surface area contributed by atoms with Gasteiger partial charge in [0.15, 0.2) is 0 Å². The van der Waals surface area contributed by atoms with Gasteiger partial charge in [-0.15, -0.1) is 0 Å². The molecule has 5 heteroatoms. The molecule has 1 aromatic heterocycles. The third-order valence-electron chi connectivity index (χ3n) is 1.78. The zero-order chi connectivity index (χ0) is 12.0. The SMILES string of the molecule is CC(C)OCCNc1cc(C#N)cc(Cl)n1. The lowest BCUT2D eigenvalue weighted by Gasteiger charge is -2.09. The Morgan fingerprint density at radius 3 is 2.94 bits per heavy atom. The fraction of sp³-hybridized carbons (Fsp3) is 0.455. The summed E-state index contributed by atoms with van der Waals surface area (Å²) in [6.07, 6.45) is 0.212. The smallest absolute Gasteiger partial charge is 0.132 e. The van der Waals surface area contributed by atoms with Gasteiger partial charge in [-0.2, -0.15) is 5.26 Å². The molecular formula is C11H14ClN3O. The third kappa shape index (κ3) is 4.47. The maximum atomic E-state index is 8.74. The lowest BCUT2D eigenvalue weighted by Crippen LogP contribution is -2.13. The number of nitriles is 1. The standard InChI is InChI=1S/C11H14ClN3O/c1-8(2)16-4-3-14-11-6-9(7-13)5-10(12)15-11/h5-6,8H,3-4H2,1-2H3,(H,14,15). The summed E-state index contributed by atoms with van der Waals surface area (Å²) >= 11 is 5.76. The number of ether oxygens (including phenoxy) is 1. The summed E-state index contributed by atoms with van der Waals surface area (Å²) in [4.78, 5) is 4.05. The van der Waals surface area contributed by atoms with Crippen molar-refractivity contribution in [2.45, 2.75) is 20.0 Å². The van der Waals surface area contributed by atoms with Crippen LogP contribution in [0.15, 0.2) is 12.1 Å². The highest BCUT2D eigenvalue weighted by Crippen LogP contribution is 2.13. The quantitative estimate of drug-likeness (QED) is 0.633. The summed E-state index contributed by atoms with van der Waals surface area (Å²) in [6.45, 7) is 5.18. The Hall–Kier alpha value is -1.31. The summed E-state index contributed by atoms with van der Waals surface area (Å²) in [5.41, 5.74) is 0.493. The van der Waals surface area contributed by atoms with E-state index < -0.39 is 0 Å². The van der Waals surface area contributed by atoms with Crippen molar-refractivity contribution >= 4 is 17.4 Å². The Bertz CT molecular complexity index is 387. The van der Waals surface area contributed by atoms with Crippen LogP contribution in [0, 0.1) is 11.3 Å². The molecule has 0 atom stereocenters. The largest absolute Gasteiger partial charge is 0.377 e. The summed E-state index contributed by atoms with van der Waals surface area (Å²) in [5, 5.41) is 12.1. The fourth-order valence-corrected chi connectivity index (χ4v) is 1.33. The zero-order valence-corrected chi connectivity index (χ0v) is 10.1. The van der Waals surface area contributed by atoms with Crippen LogP contribution in [-0.2, 0) is 4.74 Å². The van der Waals surface area contributed by atoms with E-state index in [2.05, 4.69) is 10.3 Å². The molecule has 0 saturated heterocycles. The number of rotatable bonds is 5. The van der Waals surface area contributed by atoms with Gasteiger partial charge in [0.1, 0.15) is 11.0 Å². The highest BCUT2D eigenvalue weighted by molar-refractivity contribution is 6.29. The first-order chi connectivity index (χ1) is 7.61. The summed E-state index contributed by atoms with van der Waals surface area (Å²) < 4.78 is 5.36. The van der Waals surface area contributed by atoms with E-state index in [0.29, 0.717) is 29.7 Å². The number of nitrogens with one attached hydrogen (secondary N) is 1. The van der Waals surface area contributed by atoms with Gasteiger partial charge in [0.05, 0.1) is 24.3 Å². The van der Waals surface area contributed by atoms with Crippen LogP contribution in [0.4, 0.5) is 5.82 Å². The van der Waals surface area contributed by atoms with E-state index in [9.17, 15) is 0 Å². The van der Waals surface area contributed by atoms with E-state index in [1.54, 1.807) is 6.07 Å². The van der Waals surface area contributed by atoms with E-state index in [4.69, 9.17) is 21.6 Å². The molecule has 0 saturated carbocycles. The van der Waals surface area contributed by atoms with Crippen molar-refractivity contribution in [3.63, 3.8) is 0 Å². The molecular weight excluding hydrogens is 226 g/mol. The molecule has 0 radical (unpaired) electrons. The van der Waals surface area contributed by atoms with Crippen LogP contribution in [0.1, 0.15) is 19.4 Å². The molecule has 1 heterocycles. The van der Waals surface area contributed by atoms with Gasteiger partial charge in [0, 0.05) is 6.54 Å². The number of halogens is 1. The predicted molar refractivity (Wildman–Crippen MR) is 63.5 cm³/mol. The van der Waals surface area contributed by atoms with Crippen LogP contribution in [0.3, 0.4) is 0 Å². The van der Waals surface area contributed by atoms with Crippen molar-refractivity contribution in [1.82, 2.24) is 4.98 Å². The number of pyridine rings is 1. The highest BCUT2D eigenvalue weighted by atomic mass is 35.5. The van der Waals surface area contributed by atoms with Gasteiger partial charge in [-0.3, -0.25) is 0 Å². The molecule has 1 rings (SSSR count). The van der Waals surface area contributed by atoms with Gasteiger partial charge in [-0.1, -0.05) is 11.6 Å². The van der Waals surface area contributed by atoms with Gasteiger partial charge in [-0.05, 0) is 26.0 Å². The summed E-state index contributed by atoms with van der Waals surface area (Å²) in [6, 6.07) is 5.20. The van der Waals surface area contributed by atoms with E-state index in [1.165, 1.54) is 6.07 Å². The molecule has 86 valence electrons. The molecule has 16 heavy (non-hydrogen) atoms. The Morgan fingerprint density at radius 1 is 1.56 bits per heavy atom. The highest BCUT2D eigenvalue weighted by Gasteiger charge is 2.00. The Morgan fingerprint density at radius 2 is 2.31 bits per heavy atom. The molecule has 1 N–H and O–H groups in total. The minimum atomic E-state index is 0.212. The minimum Gasteiger partial charge on any atom is -0.377 e. The second kappa shape index (κ2) is 6.31. The predicted octanol–water partition coefficient (Wildman–Crippen LogP) is 2.44. The second-order valence-corrected chi connectivity index (χ2v) is 3.91. The lowest BCUT2D eigenvalue weighted by atomic mass is 10.3. The van der Waals surface area contributed by atoms with Gasteiger partial charge < -0.3 is 10.1 Å². The van der Waals surface area contributed by atoms with Gasteiger partial charge in [-0.25, -0.2) is 4.98 Å². The molecule has 0 fully saturated rings. The van der Waals surface area contributed by atoms with Crippen molar-refractivity contribution < 1.29 is 4.74 Å². The molecule has 0 amide bonds. The lowest BCUT2D eigenvalue weighted by molar-refractivity contribution is 0.0870. The van der Waals surface area contributed by atoms with Crippen LogP contribution < -0.4 is 5.32 Å². The zero-order valence-electron chi connectivity index (χ0n) is 9.33. The monoisotopic (exact) mass is 239 g/mol. The number of hydrogen-bond acceptors (Lipinski definition) is 4. The topological polar surface area (TPSA) is 57.9 Å². The average molecular weight is 240 g/mol. The number of hydrogen-bond donors (Lipinski definition) is 1. The van der Waals surface area contributed by atoms with Crippen molar-refractivity contribution in [2.75, 3.05) is 18.5 Å². The first-order valence-electron chi connectivity index (χ1n) is 5.05. The van der Waals surface area contributed by atoms with Crippen LogP contribution in [0.25, 0.3) is 0 Å². The van der Waals surface area contributed by atoms with Gasteiger partial charge in [0.25, 0.3) is 0 Å². The van der Waals surface area contributed by atoms with E-state index in [1.807, 2.05) is 19.9 Å². The molecule has 0 aliphatic carbocycles.